The van der Waals surface area contributed by atoms with Gasteiger partial charge >= 0.3 is 0 Å². The van der Waals surface area contributed by atoms with Crippen LogP contribution in [0.1, 0.15) is 0 Å². The minimum absolute atomic E-state index is 0.175. The quantitative estimate of drug-likeness (QED) is 0.527. The van der Waals surface area contributed by atoms with Gasteiger partial charge in [0.2, 0.25) is 0 Å². The molecule has 0 radical (unpaired) electrons. The Morgan fingerprint density at radius 1 is 0.950 bits per heavy atom. The molecule has 0 fully saturated rings. The molecule has 0 saturated heterocycles. The first-order valence-corrected chi connectivity index (χ1v) is 6.90. The molecule has 0 atom stereocenters. The monoisotopic (exact) mass is 294 g/mol. The Hall–Kier alpha value is -2.45. The van der Waals surface area contributed by atoms with Gasteiger partial charge in [0, 0.05) is 0 Å². The number of nitro groups is 1. The number of para-hydroxylation sites is 1. The van der Waals surface area contributed by atoms with E-state index in [1.165, 1.54) is 12.1 Å². The summed E-state index contributed by atoms with van der Waals surface area (Å²) in [7, 11) is -4.32. The highest BCUT2D eigenvalue weighted by Gasteiger charge is 2.20. The lowest BCUT2D eigenvalue weighted by atomic mass is 10.2. The lowest BCUT2D eigenvalue weighted by molar-refractivity contribution is -0.483. The Balaban J connectivity index is 2.44. The summed E-state index contributed by atoms with van der Waals surface area (Å²) >= 11 is 0. The lowest BCUT2D eigenvalue weighted by Crippen LogP contribution is -2.24. The highest BCUT2D eigenvalue weighted by atomic mass is 32.2. The summed E-state index contributed by atoms with van der Waals surface area (Å²) in [5.74, 6) is 0. The Labute approximate surface area is 115 Å². The average molecular weight is 294 g/mol. The van der Waals surface area contributed by atoms with Gasteiger partial charge in [0.1, 0.15) is 11.4 Å². The third-order valence-electron chi connectivity index (χ3n) is 2.54. The molecule has 0 aliphatic heterocycles. The minimum Gasteiger partial charge on any atom is -0.282 e. The summed E-state index contributed by atoms with van der Waals surface area (Å²) < 4.78 is 30.7. The molecule has 7 nitrogen and oxygen atoms in total. The second kappa shape index (κ2) is 5.27. The van der Waals surface area contributed by atoms with E-state index in [-0.39, 0.29) is 10.6 Å². The van der Waals surface area contributed by atoms with Crippen molar-refractivity contribution in [1.82, 2.24) is 0 Å². The van der Waals surface area contributed by atoms with Crippen LogP contribution in [0.15, 0.2) is 59.5 Å². The van der Waals surface area contributed by atoms with Crippen molar-refractivity contribution in [3.63, 3.8) is 0 Å². The molecule has 2 rings (SSSR count). The van der Waals surface area contributed by atoms with Crippen molar-refractivity contribution in [2.24, 2.45) is 0 Å². The van der Waals surface area contributed by atoms with Crippen molar-refractivity contribution >= 4 is 21.5 Å². The van der Waals surface area contributed by atoms with Gasteiger partial charge in [0.15, 0.2) is 5.03 Å². The molecule has 20 heavy (non-hydrogen) atoms. The number of hydrogen-bond acceptors (Lipinski definition) is 4. The maximum Gasteiger partial charge on any atom is 0.294 e. The fourth-order valence-electron chi connectivity index (χ4n) is 1.67. The zero-order valence-electron chi connectivity index (χ0n) is 10.1. The van der Waals surface area contributed by atoms with Crippen molar-refractivity contribution < 1.29 is 18.0 Å². The molecule has 0 spiro atoms. The van der Waals surface area contributed by atoms with Crippen LogP contribution in [0.2, 0.25) is 0 Å². The lowest BCUT2D eigenvalue weighted by Gasteiger charge is -2.14. The van der Waals surface area contributed by atoms with Crippen molar-refractivity contribution in [3.05, 3.63) is 64.7 Å². The standard InChI is InChI=1S/C12H10N2O5S/c15-14(16)13(10-4-2-1-3-5-10)11-6-8-12(9-7-11)20(17,18)19/h1-9H,(H,17,18,19). The zero-order chi connectivity index (χ0) is 14.8. The topological polar surface area (TPSA) is 101 Å². The Morgan fingerprint density at radius 3 is 1.90 bits per heavy atom. The highest BCUT2D eigenvalue weighted by Crippen LogP contribution is 2.26. The molecule has 0 aliphatic rings. The summed E-state index contributed by atoms with van der Waals surface area (Å²) in [6, 6.07) is 12.8. The highest BCUT2D eigenvalue weighted by molar-refractivity contribution is 7.85. The molecule has 2 aromatic rings. The van der Waals surface area contributed by atoms with E-state index in [1.54, 1.807) is 30.3 Å². The molecular formula is C12H10N2O5S. The number of rotatable bonds is 4. The predicted octanol–water partition coefficient (Wildman–Crippen LogP) is 2.26. The molecule has 2 aromatic carbocycles. The van der Waals surface area contributed by atoms with E-state index in [1.807, 2.05) is 0 Å². The van der Waals surface area contributed by atoms with E-state index in [0.29, 0.717) is 5.69 Å². The first-order valence-electron chi connectivity index (χ1n) is 5.46. The van der Waals surface area contributed by atoms with Gasteiger partial charge in [0.25, 0.3) is 10.1 Å². The summed E-state index contributed by atoms with van der Waals surface area (Å²) in [6.07, 6.45) is 0. The Bertz CT molecular complexity index is 713. The SMILES string of the molecule is O=[N+]([O-])N(c1ccccc1)c1ccc(S(=O)(=O)O)cc1. The maximum atomic E-state index is 11.1. The van der Waals surface area contributed by atoms with Crippen LogP contribution in [0, 0.1) is 10.1 Å². The largest absolute Gasteiger partial charge is 0.294 e. The van der Waals surface area contributed by atoms with Gasteiger partial charge in [-0.2, -0.15) is 8.42 Å². The first kappa shape index (κ1) is 14.0. The van der Waals surface area contributed by atoms with Crippen molar-refractivity contribution in [1.29, 1.82) is 0 Å². The molecule has 8 heteroatoms. The van der Waals surface area contributed by atoms with Gasteiger partial charge in [-0.3, -0.25) is 4.55 Å². The number of benzene rings is 2. The molecule has 0 aliphatic carbocycles. The normalized spacial score (nSPS) is 11.1. The molecule has 1 N–H and O–H groups in total. The third kappa shape index (κ3) is 2.92. The summed E-state index contributed by atoms with van der Waals surface area (Å²) in [5.41, 5.74) is 0.505. The van der Waals surface area contributed by atoms with Gasteiger partial charge in [-0.1, -0.05) is 23.2 Å². The number of hydrogen-bond donors (Lipinski definition) is 1. The second-order valence-electron chi connectivity index (χ2n) is 3.85. The molecule has 0 amide bonds. The summed E-state index contributed by atoms with van der Waals surface area (Å²) in [5, 5.41) is 11.3. The van der Waals surface area contributed by atoms with Gasteiger partial charge in [0.05, 0.1) is 4.90 Å². The van der Waals surface area contributed by atoms with E-state index >= 15 is 0 Å². The van der Waals surface area contributed by atoms with Crippen LogP contribution in [0.5, 0.6) is 0 Å². The Kier molecular flexibility index (Phi) is 3.68. The molecular weight excluding hydrogens is 284 g/mol. The van der Waals surface area contributed by atoms with Gasteiger partial charge in [-0.15, -0.1) is 0 Å². The van der Waals surface area contributed by atoms with E-state index in [2.05, 4.69) is 0 Å². The van der Waals surface area contributed by atoms with Gasteiger partial charge in [-0.05, 0) is 36.4 Å². The van der Waals surface area contributed by atoms with Crippen LogP contribution in [0.4, 0.5) is 11.4 Å². The third-order valence-corrected chi connectivity index (χ3v) is 3.41. The smallest absolute Gasteiger partial charge is 0.282 e. The maximum absolute atomic E-state index is 11.1. The van der Waals surface area contributed by atoms with Crippen LogP contribution in [-0.2, 0) is 10.1 Å². The van der Waals surface area contributed by atoms with Crippen LogP contribution >= 0.6 is 0 Å². The van der Waals surface area contributed by atoms with Crippen LogP contribution in [0.3, 0.4) is 0 Å². The van der Waals surface area contributed by atoms with E-state index in [9.17, 15) is 18.5 Å². The number of hydrazine groups is 1. The second-order valence-corrected chi connectivity index (χ2v) is 5.28. The molecule has 0 unspecified atom stereocenters. The van der Waals surface area contributed by atoms with E-state index < -0.39 is 15.2 Å². The molecule has 0 heterocycles. The number of nitrogens with zero attached hydrogens (tertiary/aromatic N) is 2. The van der Waals surface area contributed by atoms with Gasteiger partial charge in [-0.25, -0.2) is 10.1 Å². The van der Waals surface area contributed by atoms with Crippen molar-refractivity contribution in [3.8, 4) is 0 Å². The van der Waals surface area contributed by atoms with Crippen LogP contribution in [-0.4, -0.2) is 18.0 Å². The van der Waals surface area contributed by atoms with E-state index in [4.69, 9.17) is 4.55 Å². The van der Waals surface area contributed by atoms with Crippen LogP contribution in [0.25, 0.3) is 0 Å². The molecule has 0 saturated carbocycles. The predicted molar refractivity (Wildman–Crippen MR) is 71.8 cm³/mol. The fraction of sp³-hybridized carbons (Fsp3) is 0. The van der Waals surface area contributed by atoms with Crippen molar-refractivity contribution in [2.75, 3.05) is 5.01 Å². The molecule has 104 valence electrons. The average Bonchev–Trinajstić information content (AvgIpc) is 2.39. The summed E-state index contributed by atoms with van der Waals surface area (Å²) in [4.78, 5) is 10.8. The number of anilines is 2. The van der Waals surface area contributed by atoms with Gasteiger partial charge < -0.3 is 0 Å². The summed E-state index contributed by atoms with van der Waals surface area (Å²) in [6.45, 7) is 0. The van der Waals surface area contributed by atoms with Crippen LogP contribution < -0.4 is 5.01 Å². The molecule has 0 bridgehead atoms. The fourth-order valence-corrected chi connectivity index (χ4v) is 2.15. The Morgan fingerprint density at radius 2 is 1.45 bits per heavy atom. The first-order chi connectivity index (χ1) is 9.39. The minimum atomic E-state index is -4.32. The molecule has 0 aromatic heterocycles. The zero-order valence-corrected chi connectivity index (χ0v) is 10.9. The van der Waals surface area contributed by atoms with E-state index in [0.717, 1.165) is 17.1 Å². The van der Waals surface area contributed by atoms with Crippen molar-refractivity contribution in [2.45, 2.75) is 4.90 Å².